The number of fused-ring (bicyclic) bond motifs is 5. The van der Waals surface area contributed by atoms with Gasteiger partial charge < -0.3 is 5.11 Å². The lowest BCUT2D eigenvalue weighted by Crippen LogP contribution is -2.58. The molecular formula is C19H30O2. The Balaban J connectivity index is 1.71. The number of carbonyl (C=O) groups is 1. The number of ketones is 1. The normalized spacial score (nSPS) is 56.5. The lowest BCUT2D eigenvalue weighted by atomic mass is 9.44. The summed E-state index contributed by atoms with van der Waals surface area (Å²) in [7, 11) is 0. The highest BCUT2D eigenvalue weighted by molar-refractivity contribution is 5.87. The van der Waals surface area contributed by atoms with E-state index in [9.17, 15) is 9.90 Å². The molecule has 2 heteroatoms. The molecule has 0 heterocycles. The van der Waals surface area contributed by atoms with Gasteiger partial charge in [-0.2, -0.15) is 0 Å². The van der Waals surface area contributed by atoms with Crippen molar-refractivity contribution in [3.63, 3.8) is 0 Å². The summed E-state index contributed by atoms with van der Waals surface area (Å²) in [6.45, 7) is 4.62. The van der Waals surface area contributed by atoms with Gasteiger partial charge in [-0.15, -0.1) is 0 Å². The Morgan fingerprint density at radius 1 is 1.10 bits per heavy atom. The van der Waals surface area contributed by atoms with Crippen molar-refractivity contribution >= 4 is 5.78 Å². The van der Waals surface area contributed by atoms with Crippen molar-refractivity contribution in [3.05, 3.63) is 0 Å². The Morgan fingerprint density at radius 3 is 2.71 bits per heavy atom. The van der Waals surface area contributed by atoms with Crippen LogP contribution in [0.5, 0.6) is 0 Å². The molecule has 0 radical (unpaired) electrons. The summed E-state index contributed by atoms with van der Waals surface area (Å²) in [6.07, 6.45) is 10.3. The van der Waals surface area contributed by atoms with E-state index in [1.54, 1.807) is 0 Å². The molecule has 4 aliphatic carbocycles. The molecule has 0 bridgehead atoms. The van der Waals surface area contributed by atoms with Crippen molar-refractivity contribution in [3.8, 4) is 0 Å². The van der Waals surface area contributed by atoms with Crippen molar-refractivity contribution in [2.24, 2.45) is 34.5 Å². The molecule has 21 heavy (non-hydrogen) atoms. The molecule has 7 atom stereocenters. The van der Waals surface area contributed by atoms with Crippen molar-refractivity contribution in [2.75, 3.05) is 0 Å². The maximum Gasteiger partial charge on any atom is 0.139 e. The molecule has 0 amide bonds. The van der Waals surface area contributed by atoms with Gasteiger partial charge in [-0.05, 0) is 67.6 Å². The molecule has 0 saturated heterocycles. The van der Waals surface area contributed by atoms with Crippen LogP contribution in [0.1, 0.15) is 71.6 Å². The Kier molecular flexibility index (Phi) is 3.10. The minimum atomic E-state index is -0.246. The van der Waals surface area contributed by atoms with E-state index in [2.05, 4.69) is 13.8 Å². The summed E-state index contributed by atoms with van der Waals surface area (Å²) in [6, 6.07) is 0. The maximum atomic E-state index is 12.4. The number of rotatable bonds is 0. The summed E-state index contributed by atoms with van der Waals surface area (Å²) in [5.74, 6) is 2.87. The Hall–Kier alpha value is -0.370. The molecule has 0 spiro atoms. The summed E-state index contributed by atoms with van der Waals surface area (Å²) in [5, 5.41) is 11.0. The van der Waals surface area contributed by atoms with Crippen LogP contribution >= 0.6 is 0 Å². The molecular weight excluding hydrogens is 260 g/mol. The minimum Gasteiger partial charge on any atom is -0.393 e. The highest BCUT2D eigenvalue weighted by atomic mass is 16.3. The predicted octanol–water partition coefficient (Wildman–Crippen LogP) is 3.96. The first-order chi connectivity index (χ1) is 9.97. The molecule has 4 saturated carbocycles. The highest BCUT2D eigenvalue weighted by Gasteiger charge is 2.62. The van der Waals surface area contributed by atoms with E-state index in [0.29, 0.717) is 29.0 Å². The molecule has 1 N–H and O–H groups in total. The molecule has 0 aliphatic heterocycles. The lowest BCUT2D eigenvalue weighted by molar-refractivity contribution is -0.168. The van der Waals surface area contributed by atoms with Crippen molar-refractivity contribution in [1.29, 1.82) is 0 Å². The van der Waals surface area contributed by atoms with Gasteiger partial charge in [0, 0.05) is 11.8 Å². The Morgan fingerprint density at radius 2 is 1.90 bits per heavy atom. The van der Waals surface area contributed by atoms with Gasteiger partial charge in [-0.3, -0.25) is 4.79 Å². The van der Waals surface area contributed by atoms with Gasteiger partial charge in [0.1, 0.15) is 5.78 Å². The molecule has 2 nitrogen and oxygen atoms in total. The number of carbonyl (C=O) groups excluding carboxylic acids is 1. The van der Waals surface area contributed by atoms with E-state index in [1.165, 1.54) is 38.5 Å². The summed E-state index contributed by atoms with van der Waals surface area (Å²) in [4.78, 5) is 12.4. The van der Waals surface area contributed by atoms with E-state index in [0.717, 1.165) is 25.2 Å². The van der Waals surface area contributed by atoms with E-state index in [1.807, 2.05) is 0 Å². The van der Waals surface area contributed by atoms with Gasteiger partial charge in [0.2, 0.25) is 0 Å². The number of hydrogen-bond acceptors (Lipinski definition) is 2. The van der Waals surface area contributed by atoms with E-state index in [-0.39, 0.29) is 11.5 Å². The molecule has 4 fully saturated rings. The third-order valence-electron chi connectivity index (χ3n) is 8.22. The van der Waals surface area contributed by atoms with Crippen LogP contribution in [-0.4, -0.2) is 17.0 Å². The van der Waals surface area contributed by atoms with Crippen LogP contribution in [0.3, 0.4) is 0 Å². The molecule has 0 aromatic rings. The average molecular weight is 290 g/mol. The zero-order valence-electron chi connectivity index (χ0n) is 13.6. The highest BCUT2D eigenvalue weighted by Crippen LogP contribution is 2.65. The summed E-state index contributed by atoms with van der Waals surface area (Å²) in [5.41, 5.74) is 0.131. The SMILES string of the molecule is C[C@]12CCCC[C@H]1CC[C@@H]1[C@@H]2[C@@H](O)C[C@]2(C)C(=O)CC[C@@H]12. The van der Waals surface area contributed by atoms with Crippen LogP contribution in [-0.2, 0) is 4.79 Å². The number of hydrogen-bond donors (Lipinski definition) is 1. The van der Waals surface area contributed by atoms with Gasteiger partial charge in [-0.1, -0.05) is 26.7 Å². The molecule has 0 unspecified atom stereocenters. The third kappa shape index (κ3) is 1.77. The van der Waals surface area contributed by atoms with Crippen LogP contribution in [0, 0.1) is 34.5 Å². The van der Waals surface area contributed by atoms with E-state index >= 15 is 0 Å². The number of aliphatic hydroxyl groups excluding tert-OH is 1. The smallest absolute Gasteiger partial charge is 0.139 e. The Labute approximate surface area is 128 Å². The van der Waals surface area contributed by atoms with Gasteiger partial charge in [0.25, 0.3) is 0 Å². The largest absolute Gasteiger partial charge is 0.393 e. The average Bonchev–Trinajstić information content (AvgIpc) is 2.73. The molecule has 118 valence electrons. The fourth-order valence-corrected chi connectivity index (χ4v) is 7.19. The summed E-state index contributed by atoms with van der Waals surface area (Å²) >= 11 is 0. The van der Waals surface area contributed by atoms with Gasteiger partial charge in [0.15, 0.2) is 0 Å². The maximum absolute atomic E-state index is 12.4. The first-order valence-corrected chi connectivity index (χ1v) is 9.18. The quantitative estimate of drug-likeness (QED) is 0.733. The van der Waals surface area contributed by atoms with Crippen LogP contribution in [0.25, 0.3) is 0 Å². The minimum absolute atomic E-state index is 0.210. The number of Topliss-reactive ketones (excluding diaryl/α,β-unsaturated/α-hetero) is 1. The van der Waals surface area contributed by atoms with Crippen LogP contribution in [0.4, 0.5) is 0 Å². The molecule has 0 aromatic heterocycles. The van der Waals surface area contributed by atoms with Crippen LogP contribution in [0.2, 0.25) is 0 Å². The van der Waals surface area contributed by atoms with Crippen molar-refractivity contribution in [1.82, 2.24) is 0 Å². The van der Waals surface area contributed by atoms with Crippen molar-refractivity contribution in [2.45, 2.75) is 77.7 Å². The summed E-state index contributed by atoms with van der Waals surface area (Å²) < 4.78 is 0. The number of aliphatic hydroxyl groups is 1. The van der Waals surface area contributed by atoms with Gasteiger partial charge >= 0.3 is 0 Å². The van der Waals surface area contributed by atoms with E-state index in [4.69, 9.17) is 0 Å². The monoisotopic (exact) mass is 290 g/mol. The predicted molar refractivity (Wildman–Crippen MR) is 82.7 cm³/mol. The second kappa shape index (κ2) is 4.57. The first-order valence-electron chi connectivity index (χ1n) is 9.18. The molecule has 4 rings (SSSR count). The Bertz CT molecular complexity index is 458. The van der Waals surface area contributed by atoms with Crippen LogP contribution < -0.4 is 0 Å². The fourth-order valence-electron chi connectivity index (χ4n) is 7.19. The standard InChI is InChI=1S/C19H30O2/c1-18-10-4-3-5-12(18)6-7-13-14-8-9-16(21)19(14,2)11-15(20)17(13)18/h12-15,17,20H,3-11H2,1-2H3/t12-,13-,14-,15-,17+,18-,19-/m0/s1. The van der Waals surface area contributed by atoms with Gasteiger partial charge in [-0.25, -0.2) is 0 Å². The lowest BCUT2D eigenvalue weighted by Gasteiger charge is -2.61. The van der Waals surface area contributed by atoms with E-state index < -0.39 is 0 Å². The zero-order valence-corrected chi connectivity index (χ0v) is 13.6. The second-order valence-corrected chi connectivity index (χ2v) is 8.97. The van der Waals surface area contributed by atoms with Gasteiger partial charge in [0.05, 0.1) is 6.10 Å². The molecule has 4 aliphatic rings. The van der Waals surface area contributed by atoms with Crippen LogP contribution in [0.15, 0.2) is 0 Å². The fraction of sp³-hybridized carbons (Fsp3) is 0.947. The zero-order chi connectivity index (χ0) is 14.8. The van der Waals surface area contributed by atoms with Crippen molar-refractivity contribution < 1.29 is 9.90 Å². The second-order valence-electron chi connectivity index (χ2n) is 8.97. The third-order valence-corrected chi connectivity index (χ3v) is 8.22. The molecule has 0 aromatic carbocycles. The first kappa shape index (κ1) is 14.2. The topological polar surface area (TPSA) is 37.3 Å².